The molecule has 2 amide bonds. The van der Waals surface area contributed by atoms with Crippen molar-refractivity contribution in [2.45, 2.75) is 17.2 Å². The zero-order valence-electron chi connectivity index (χ0n) is 16.7. The summed E-state index contributed by atoms with van der Waals surface area (Å²) in [4.78, 5) is 16.3. The molecule has 2 N–H and O–H groups in total. The van der Waals surface area contributed by atoms with E-state index in [0.29, 0.717) is 22.8 Å². The van der Waals surface area contributed by atoms with Crippen LogP contribution in [0.3, 0.4) is 0 Å². The van der Waals surface area contributed by atoms with E-state index in [2.05, 4.69) is 15.6 Å². The summed E-state index contributed by atoms with van der Waals surface area (Å²) in [5, 5.41) is 6.93. The van der Waals surface area contributed by atoms with Crippen LogP contribution in [-0.4, -0.2) is 33.7 Å². The number of nitrogens with zero attached hydrogens (tertiary/aromatic N) is 1. The molecule has 0 spiro atoms. The smallest absolute Gasteiger partial charge is 0.321 e. The van der Waals surface area contributed by atoms with E-state index < -0.39 is 15.9 Å². The second-order valence-electron chi connectivity index (χ2n) is 6.36. The van der Waals surface area contributed by atoms with Crippen LogP contribution in [0.4, 0.5) is 14.3 Å². The highest BCUT2D eigenvalue weighted by atomic mass is 32.2. The number of benzene rings is 2. The molecule has 0 fully saturated rings. The van der Waals surface area contributed by atoms with Crippen LogP contribution < -0.4 is 20.1 Å². The fourth-order valence-electron chi connectivity index (χ4n) is 2.69. The summed E-state index contributed by atoms with van der Waals surface area (Å²) in [5.41, 5.74) is 0.899. The van der Waals surface area contributed by atoms with Gasteiger partial charge in [0.15, 0.2) is 26.5 Å². The van der Waals surface area contributed by atoms with E-state index in [9.17, 15) is 17.6 Å². The van der Waals surface area contributed by atoms with Crippen LogP contribution in [0.15, 0.2) is 52.7 Å². The van der Waals surface area contributed by atoms with Crippen LogP contribution in [-0.2, 0) is 22.1 Å². The molecule has 0 atom stereocenters. The lowest BCUT2D eigenvalue weighted by molar-refractivity contribution is 0.251. The van der Waals surface area contributed by atoms with E-state index in [0.717, 1.165) is 11.3 Å². The number of halogens is 1. The number of ether oxygens (including phenoxy) is 2. The third-order valence-corrected chi connectivity index (χ3v) is 6.62. The highest BCUT2D eigenvalue weighted by Gasteiger charge is 2.20. The van der Waals surface area contributed by atoms with E-state index in [1.165, 1.54) is 44.6 Å². The Morgan fingerprint density at radius 2 is 1.90 bits per heavy atom. The van der Waals surface area contributed by atoms with Gasteiger partial charge in [-0.25, -0.2) is 22.6 Å². The molecule has 3 aromatic rings. The van der Waals surface area contributed by atoms with Crippen molar-refractivity contribution in [1.29, 1.82) is 0 Å². The van der Waals surface area contributed by atoms with Crippen LogP contribution in [0.5, 0.6) is 11.5 Å². The Morgan fingerprint density at radius 1 is 1.13 bits per heavy atom. The van der Waals surface area contributed by atoms with Gasteiger partial charge in [0.1, 0.15) is 5.82 Å². The van der Waals surface area contributed by atoms with Crippen LogP contribution in [0.25, 0.3) is 0 Å². The van der Waals surface area contributed by atoms with Crippen LogP contribution >= 0.6 is 11.3 Å². The molecule has 11 heteroatoms. The first-order valence-corrected chi connectivity index (χ1v) is 11.5. The molecular formula is C20H20FN3O5S2. The van der Waals surface area contributed by atoms with Gasteiger partial charge < -0.3 is 14.8 Å². The molecule has 0 bridgehead atoms. The van der Waals surface area contributed by atoms with Gasteiger partial charge in [-0.3, -0.25) is 5.32 Å². The number of methoxy groups -OCH3 is 2. The Bertz CT molecular complexity index is 1180. The Kier molecular flexibility index (Phi) is 7.08. The molecular weight excluding hydrogens is 445 g/mol. The van der Waals surface area contributed by atoms with E-state index in [4.69, 9.17) is 9.47 Å². The minimum absolute atomic E-state index is 0.0699. The molecule has 0 aliphatic rings. The number of nitrogens with one attached hydrogen (secondary N) is 2. The number of sulfone groups is 1. The van der Waals surface area contributed by atoms with E-state index in [-0.39, 0.29) is 28.1 Å². The van der Waals surface area contributed by atoms with E-state index in [1.54, 1.807) is 17.5 Å². The summed E-state index contributed by atoms with van der Waals surface area (Å²) in [6.07, 6.45) is 0. The first kappa shape index (κ1) is 22.5. The van der Waals surface area contributed by atoms with Gasteiger partial charge in [-0.15, -0.1) is 11.3 Å². The lowest BCUT2D eigenvalue weighted by Gasteiger charge is -2.09. The van der Waals surface area contributed by atoms with Gasteiger partial charge in [0, 0.05) is 18.0 Å². The fraction of sp³-hybridized carbons (Fsp3) is 0.200. The van der Waals surface area contributed by atoms with Crippen molar-refractivity contribution in [3.63, 3.8) is 0 Å². The van der Waals surface area contributed by atoms with E-state index in [1.807, 2.05) is 0 Å². The topological polar surface area (TPSA) is 107 Å². The average Bonchev–Trinajstić information content (AvgIpc) is 3.17. The Labute approximate surface area is 183 Å². The standard InChI is InChI=1S/C20H20FN3O5S2/c1-28-17-7-6-16(9-18(17)29-2)31(26,27)12-15-11-30-20(23-15)24-19(25)22-10-13-4-3-5-14(21)8-13/h3-9,11H,10,12H2,1-2H3,(H2,22,23,24,25). The molecule has 3 rings (SSSR count). The first-order valence-electron chi connectivity index (χ1n) is 8.99. The normalized spacial score (nSPS) is 11.1. The Balaban J connectivity index is 1.62. The monoisotopic (exact) mass is 465 g/mol. The number of anilines is 1. The largest absolute Gasteiger partial charge is 0.493 e. The van der Waals surface area contributed by atoms with Gasteiger partial charge >= 0.3 is 6.03 Å². The maximum Gasteiger partial charge on any atom is 0.321 e. The molecule has 0 unspecified atom stereocenters. The van der Waals surface area contributed by atoms with Gasteiger partial charge in [0.25, 0.3) is 0 Å². The predicted octanol–water partition coefficient (Wildman–Crippen LogP) is 3.60. The number of hydrogen-bond acceptors (Lipinski definition) is 7. The Hall–Kier alpha value is -3.18. The van der Waals surface area contributed by atoms with Crippen molar-refractivity contribution in [3.8, 4) is 11.5 Å². The zero-order chi connectivity index (χ0) is 22.4. The fourth-order valence-corrected chi connectivity index (χ4v) is 4.77. The molecule has 1 aromatic heterocycles. The van der Waals surface area contributed by atoms with Crippen molar-refractivity contribution in [2.75, 3.05) is 19.5 Å². The van der Waals surface area contributed by atoms with Crippen molar-refractivity contribution >= 4 is 32.3 Å². The molecule has 0 saturated heterocycles. The van der Waals surface area contributed by atoms with Crippen molar-refractivity contribution in [1.82, 2.24) is 10.3 Å². The minimum atomic E-state index is -3.69. The molecule has 1 heterocycles. The van der Waals surface area contributed by atoms with Gasteiger partial charge in [-0.2, -0.15) is 0 Å². The molecule has 2 aromatic carbocycles. The number of aromatic nitrogens is 1. The predicted molar refractivity (Wildman–Crippen MR) is 115 cm³/mol. The molecule has 0 aliphatic heterocycles. The lowest BCUT2D eigenvalue weighted by atomic mass is 10.2. The number of carbonyl (C=O) groups is 1. The second-order valence-corrected chi connectivity index (χ2v) is 9.21. The number of urea groups is 1. The number of amides is 2. The van der Waals surface area contributed by atoms with Crippen molar-refractivity contribution < 1.29 is 27.1 Å². The quantitative estimate of drug-likeness (QED) is 0.527. The van der Waals surface area contributed by atoms with Crippen molar-refractivity contribution in [3.05, 3.63) is 64.9 Å². The molecule has 8 nitrogen and oxygen atoms in total. The first-order chi connectivity index (χ1) is 14.8. The molecule has 0 saturated carbocycles. The molecule has 0 aliphatic carbocycles. The second kappa shape index (κ2) is 9.75. The summed E-state index contributed by atoms with van der Waals surface area (Å²) in [5.74, 6) is -0.00374. The summed E-state index contributed by atoms with van der Waals surface area (Å²) in [6.45, 7) is 0.134. The average molecular weight is 466 g/mol. The maximum absolute atomic E-state index is 13.2. The molecule has 164 valence electrons. The SMILES string of the molecule is COc1ccc(S(=O)(=O)Cc2csc(NC(=O)NCc3cccc(F)c3)n2)cc1OC. The third kappa shape index (κ3) is 5.92. The third-order valence-electron chi connectivity index (χ3n) is 4.17. The Morgan fingerprint density at radius 3 is 2.61 bits per heavy atom. The highest BCUT2D eigenvalue weighted by molar-refractivity contribution is 7.90. The van der Waals surface area contributed by atoms with Crippen LogP contribution in [0.1, 0.15) is 11.3 Å². The zero-order valence-corrected chi connectivity index (χ0v) is 18.3. The maximum atomic E-state index is 13.2. The van der Waals surface area contributed by atoms with Gasteiger partial charge in [-0.1, -0.05) is 12.1 Å². The molecule has 0 radical (unpaired) electrons. The summed E-state index contributed by atoms with van der Waals surface area (Å²) in [7, 11) is -0.807. The number of carbonyl (C=O) groups excluding carboxylic acids is 1. The summed E-state index contributed by atoms with van der Waals surface area (Å²) in [6, 6.07) is 9.68. The molecule has 31 heavy (non-hydrogen) atoms. The number of rotatable bonds is 8. The van der Waals surface area contributed by atoms with Gasteiger partial charge in [0.2, 0.25) is 0 Å². The number of hydrogen-bond donors (Lipinski definition) is 2. The van der Waals surface area contributed by atoms with E-state index >= 15 is 0 Å². The lowest BCUT2D eigenvalue weighted by Crippen LogP contribution is -2.28. The summed E-state index contributed by atoms with van der Waals surface area (Å²) >= 11 is 1.10. The number of thiazole rings is 1. The van der Waals surface area contributed by atoms with Gasteiger partial charge in [-0.05, 0) is 29.8 Å². The van der Waals surface area contributed by atoms with Crippen LogP contribution in [0, 0.1) is 5.82 Å². The van der Waals surface area contributed by atoms with Crippen LogP contribution in [0.2, 0.25) is 0 Å². The minimum Gasteiger partial charge on any atom is -0.493 e. The highest BCUT2D eigenvalue weighted by Crippen LogP contribution is 2.31. The van der Waals surface area contributed by atoms with Crippen molar-refractivity contribution in [2.24, 2.45) is 0 Å². The van der Waals surface area contributed by atoms with Gasteiger partial charge in [0.05, 0.1) is 30.6 Å². The summed E-state index contributed by atoms with van der Waals surface area (Å²) < 4.78 is 48.9.